The summed E-state index contributed by atoms with van der Waals surface area (Å²) >= 11 is 5.77. The number of carbonyl (C=O) groups is 1. The fourth-order valence-electron chi connectivity index (χ4n) is 3.04. The fourth-order valence-corrected chi connectivity index (χ4v) is 3.22. The average Bonchev–Trinajstić information content (AvgIpc) is 3.06. The molecular weight excluding hydrogens is 409 g/mol. The molecule has 3 aromatic rings. The molecule has 0 aliphatic rings. The zero-order valence-electron chi connectivity index (χ0n) is 15.2. The molecule has 152 valence electrons. The first kappa shape index (κ1) is 20.7. The van der Waals surface area contributed by atoms with Gasteiger partial charge in [-0.05, 0) is 18.1 Å². The molecule has 0 saturated heterocycles. The van der Waals surface area contributed by atoms with Gasteiger partial charge in [-0.25, -0.2) is 4.79 Å². The van der Waals surface area contributed by atoms with Gasteiger partial charge in [-0.3, -0.25) is 4.90 Å². The highest BCUT2D eigenvalue weighted by atomic mass is 35.5. The van der Waals surface area contributed by atoms with Crippen molar-refractivity contribution < 1.29 is 27.6 Å². The molecule has 1 amide bonds. The van der Waals surface area contributed by atoms with Crippen LogP contribution in [0.3, 0.4) is 0 Å². The highest BCUT2D eigenvalue weighted by Crippen LogP contribution is 2.44. The molecule has 9 heteroatoms. The molecule has 0 saturated carbocycles. The van der Waals surface area contributed by atoms with Crippen molar-refractivity contribution in [1.29, 1.82) is 0 Å². The van der Waals surface area contributed by atoms with E-state index in [-0.39, 0.29) is 33.5 Å². The summed E-state index contributed by atoms with van der Waals surface area (Å²) in [5.74, 6) is 0.185. The van der Waals surface area contributed by atoms with E-state index in [0.29, 0.717) is 5.56 Å². The summed E-state index contributed by atoms with van der Waals surface area (Å²) in [7, 11) is 0. The molecule has 0 aliphatic heterocycles. The lowest BCUT2D eigenvalue weighted by atomic mass is 10.0. The maximum Gasteiger partial charge on any atom is 0.413 e. The molecule has 0 fully saturated rings. The number of anilines is 1. The maximum atomic E-state index is 14.0. The molecule has 0 aliphatic carbocycles. The third-order valence-electron chi connectivity index (χ3n) is 4.33. The summed E-state index contributed by atoms with van der Waals surface area (Å²) in [5, 5.41) is 13.5. The molecule has 1 aromatic heterocycles. The van der Waals surface area contributed by atoms with Gasteiger partial charge in [0.1, 0.15) is 11.4 Å². The highest BCUT2D eigenvalue weighted by Gasteiger charge is 2.49. The van der Waals surface area contributed by atoms with Crippen molar-refractivity contribution in [2.75, 3.05) is 4.90 Å². The number of aryl methyl sites for hydroxylation is 1. The quantitative estimate of drug-likeness (QED) is 0.497. The number of amides is 1. The Morgan fingerprint density at radius 2 is 1.79 bits per heavy atom. The lowest BCUT2D eigenvalue weighted by molar-refractivity contribution is -0.149. The first-order chi connectivity index (χ1) is 13.7. The Morgan fingerprint density at radius 1 is 1.17 bits per heavy atom. The van der Waals surface area contributed by atoms with E-state index < -0.39 is 18.3 Å². The zero-order chi connectivity index (χ0) is 21.2. The van der Waals surface area contributed by atoms with Gasteiger partial charge in [-0.15, -0.1) is 11.6 Å². The van der Waals surface area contributed by atoms with E-state index in [1.165, 1.54) is 31.2 Å². The van der Waals surface area contributed by atoms with Crippen LogP contribution >= 0.6 is 11.6 Å². The van der Waals surface area contributed by atoms with Crippen LogP contribution in [0, 0.1) is 6.92 Å². The van der Waals surface area contributed by atoms with E-state index in [0.717, 1.165) is 5.56 Å². The Bertz CT molecular complexity index is 988. The summed E-state index contributed by atoms with van der Waals surface area (Å²) < 4.78 is 47.2. The van der Waals surface area contributed by atoms with Gasteiger partial charge in [0.2, 0.25) is 0 Å². The van der Waals surface area contributed by atoms with Gasteiger partial charge in [-0.2, -0.15) is 13.2 Å². The Hall–Kier alpha value is -3.00. The summed E-state index contributed by atoms with van der Waals surface area (Å²) in [5.41, 5.74) is 0.721. The molecule has 1 heterocycles. The minimum atomic E-state index is -4.87. The Balaban J connectivity index is 2.19. The molecular formula is C20H16ClF3N2O3. The zero-order valence-corrected chi connectivity index (χ0v) is 15.9. The standard InChI is InChI=1S/C20H16ClF3N2O3/c1-12-16(17(29-25-12)14-9-7-13(11-21)8-10-14)26(19(27)28)18(20(22,23)24)15-5-3-2-4-6-15/h2-10,18H,11H2,1H3,(H,27,28). The SMILES string of the molecule is Cc1noc(-c2ccc(CCl)cc2)c1N(C(=O)O)C(c1ccccc1)C(F)(F)F. The smallest absolute Gasteiger partial charge is 0.413 e. The van der Waals surface area contributed by atoms with E-state index in [4.69, 9.17) is 16.1 Å². The highest BCUT2D eigenvalue weighted by molar-refractivity contribution is 6.17. The molecule has 0 spiro atoms. The van der Waals surface area contributed by atoms with Crippen molar-refractivity contribution in [3.8, 4) is 11.3 Å². The second kappa shape index (κ2) is 8.16. The van der Waals surface area contributed by atoms with E-state index >= 15 is 0 Å². The number of carboxylic acid groups (broad SMARTS) is 1. The summed E-state index contributed by atoms with van der Waals surface area (Å²) in [6.07, 6.45) is -6.65. The van der Waals surface area contributed by atoms with Crippen molar-refractivity contribution in [2.24, 2.45) is 0 Å². The van der Waals surface area contributed by atoms with E-state index in [2.05, 4.69) is 5.16 Å². The summed E-state index contributed by atoms with van der Waals surface area (Å²) in [6, 6.07) is 10.9. The third-order valence-corrected chi connectivity index (χ3v) is 4.64. The molecule has 1 unspecified atom stereocenters. The molecule has 1 atom stereocenters. The van der Waals surface area contributed by atoms with Crippen molar-refractivity contribution in [2.45, 2.75) is 25.0 Å². The van der Waals surface area contributed by atoms with Crippen molar-refractivity contribution >= 4 is 23.4 Å². The number of aromatic nitrogens is 1. The second-order valence-electron chi connectivity index (χ2n) is 6.28. The first-order valence-electron chi connectivity index (χ1n) is 8.49. The lowest BCUT2D eigenvalue weighted by Crippen LogP contribution is -2.42. The summed E-state index contributed by atoms with van der Waals surface area (Å²) in [4.78, 5) is 12.3. The fraction of sp³-hybridized carbons (Fsp3) is 0.200. The predicted molar refractivity (Wildman–Crippen MR) is 102 cm³/mol. The van der Waals surface area contributed by atoms with Gasteiger partial charge in [0.05, 0.1) is 0 Å². The molecule has 2 aromatic carbocycles. The van der Waals surface area contributed by atoms with Crippen molar-refractivity contribution in [1.82, 2.24) is 5.16 Å². The molecule has 3 rings (SSSR count). The predicted octanol–water partition coefficient (Wildman–Crippen LogP) is 6.18. The van der Waals surface area contributed by atoms with Crippen LogP contribution in [0.5, 0.6) is 0 Å². The van der Waals surface area contributed by atoms with E-state index in [1.54, 1.807) is 30.3 Å². The Kier molecular flexibility index (Phi) is 5.83. The average molecular weight is 425 g/mol. The Labute approximate surface area is 169 Å². The van der Waals surface area contributed by atoms with Crippen molar-refractivity contribution in [3.05, 3.63) is 71.4 Å². The maximum absolute atomic E-state index is 14.0. The van der Waals surface area contributed by atoms with Gasteiger partial charge >= 0.3 is 12.3 Å². The van der Waals surface area contributed by atoms with Gasteiger partial charge in [-0.1, -0.05) is 59.8 Å². The first-order valence-corrected chi connectivity index (χ1v) is 9.03. The molecule has 1 N–H and O–H groups in total. The van der Waals surface area contributed by atoms with Crippen LogP contribution < -0.4 is 4.90 Å². The Morgan fingerprint density at radius 3 is 2.31 bits per heavy atom. The lowest BCUT2D eigenvalue weighted by Gasteiger charge is -2.31. The number of benzene rings is 2. The van der Waals surface area contributed by atoms with Crippen LogP contribution in [0.25, 0.3) is 11.3 Å². The number of nitrogens with zero attached hydrogens (tertiary/aromatic N) is 2. The third kappa shape index (κ3) is 4.22. The van der Waals surface area contributed by atoms with E-state index in [1.807, 2.05) is 0 Å². The largest absolute Gasteiger partial charge is 0.465 e. The topological polar surface area (TPSA) is 66.6 Å². The second-order valence-corrected chi connectivity index (χ2v) is 6.55. The van der Waals surface area contributed by atoms with Crippen LogP contribution in [0.1, 0.15) is 22.9 Å². The number of rotatable bonds is 5. The molecule has 0 radical (unpaired) electrons. The number of halogens is 4. The molecule has 5 nitrogen and oxygen atoms in total. The minimum Gasteiger partial charge on any atom is -0.465 e. The summed E-state index contributed by atoms with van der Waals surface area (Å²) in [6.45, 7) is 1.39. The van der Waals surface area contributed by atoms with Crippen LogP contribution in [-0.2, 0) is 5.88 Å². The van der Waals surface area contributed by atoms with Gasteiger partial charge < -0.3 is 9.63 Å². The van der Waals surface area contributed by atoms with Crippen LogP contribution in [-0.4, -0.2) is 22.5 Å². The van der Waals surface area contributed by atoms with Gasteiger partial charge in [0.25, 0.3) is 0 Å². The number of hydrogen-bond acceptors (Lipinski definition) is 3. The van der Waals surface area contributed by atoms with Crippen LogP contribution in [0.15, 0.2) is 59.1 Å². The number of hydrogen-bond donors (Lipinski definition) is 1. The number of alkyl halides is 4. The monoisotopic (exact) mass is 424 g/mol. The van der Waals surface area contributed by atoms with Crippen molar-refractivity contribution in [3.63, 3.8) is 0 Å². The normalized spacial score (nSPS) is 12.6. The van der Waals surface area contributed by atoms with Crippen LogP contribution in [0.4, 0.5) is 23.7 Å². The molecule has 0 bridgehead atoms. The van der Waals surface area contributed by atoms with Gasteiger partial charge in [0.15, 0.2) is 11.8 Å². The van der Waals surface area contributed by atoms with Gasteiger partial charge in [0, 0.05) is 11.4 Å². The van der Waals surface area contributed by atoms with E-state index in [9.17, 15) is 23.1 Å². The minimum absolute atomic E-state index is 0.0222. The van der Waals surface area contributed by atoms with Crippen LogP contribution in [0.2, 0.25) is 0 Å². The molecule has 29 heavy (non-hydrogen) atoms.